The molecule has 0 unspecified atom stereocenters. The maximum atomic E-state index is 14.0. The highest BCUT2D eigenvalue weighted by Crippen LogP contribution is 2.36. The van der Waals surface area contributed by atoms with Gasteiger partial charge < -0.3 is 0 Å². The predicted octanol–water partition coefficient (Wildman–Crippen LogP) is 5.66. The molecule has 5 aromatic rings. The molecule has 35 heavy (non-hydrogen) atoms. The summed E-state index contributed by atoms with van der Waals surface area (Å²) in [7, 11) is -3.74. The van der Waals surface area contributed by atoms with E-state index in [4.69, 9.17) is 16.6 Å². The molecule has 0 fully saturated rings. The number of benzene rings is 2. The van der Waals surface area contributed by atoms with Gasteiger partial charge in [0.25, 0.3) is 0 Å². The van der Waals surface area contributed by atoms with E-state index in [2.05, 4.69) is 10.1 Å². The van der Waals surface area contributed by atoms with Gasteiger partial charge in [-0.25, -0.2) is 31.6 Å². The van der Waals surface area contributed by atoms with Gasteiger partial charge in [-0.05, 0) is 79.2 Å². The number of halogens is 2. The second kappa shape index (κ2) is 8.75. The smallest absolute Gasteiger partial charge is 0.237 e. The van der Waals surface area contributed by atoms with Crippen molar-refractivity contribution in [2.45, 2.75) is 6.92 Å². The molecule has 0 atom stereocenters. The van der Waals surface area contributed by atoms with Gasteiger partial charge in [-0.2, -0.15) is 5.10 Å². The minimum Gasteiger partial charge on any atom is -0.238 e. The Morgan fingerprint density at radius 3 is 2.46 bits per heavy atom. The summed E-state index contributed by atoms with van der Waals surface area (Å²) in [6, 6.07) is 18.2. The second-order valence-corrected chi connectivity index (χ2v) is 10.2. The fraction of sp³-hybridized carbons (Fsp3) is 0.0800. The van der Waals surface area contributed by atoms with Crippen LogP contribution in [0.4, 0.5) is 15.9 Å². The number of pyridine rings is 1. The SMILES string of the molecule is Cc1cc(-c2nc3cccnn3c2-c2ccnc(N(c3ccc(Cl)cc3)S(C)(=O)=O)c2)ccc1F. The van der Waals surface area contributed by atoms with Crippen molar-refractivity contribution in [3.05, 3.63) is 95.5 Å². The molecule has 0 saturated heterocycles. The number of nitrogens with zero attached hydrogens (tertiary/aromatic N) is 5. The normalized spacial score (nSPS) is 11.7. The van der Waals surface area contributed by atoms with Crippen molar-refractivity contribution in [2.75, 3.05) is 10.6 Å². The van der Waals surface area contributed by atoms with Crippen molar-refractivity contribution in [3.8, 4) is 22.5 Å². The summed E-state index contributed by atoms with van der Waals surface area (Å²) < 4.78 is 42.3. The zero-order valence-electron chi connectivity index (χ0n) is 18.7. The fourth-order valence-corrected chi connectivity index (χ4v) is 4.96. The van der Waals surface area contributed by atoms with Gasteiger partial charge in [0.05, 0.1) is 17.6 Å². The molecule has 0 bridgehead atoms. The van der Waals surface area contributed by atoms with Crippen LogP contribution in [0.3, 0.4) is 0 Å². The van der Waals surface area contributed by atoms with E-state index in [0.717, 1.165) is 10.6 Å². The van der Waals surface area contributed by atoms with E-state index in [9.17, 15) is 12.8 Å². The van der Waals surface area contributed by atoms with Crippen LogP contribution in [-0.2, 0) is 10.0 Å². The van der Waals surface area contributed by atoms with Crippen LogP contribution in [0.2, 0.25) is 5.02 Å². The van der Waals surface area contributed by atoms with E-state index in [-0.39, 0.29) is 11.6 Å². The Labute approximate surface area is 206 Å². The molecule has 2 aromatic carbocycles. The van der Waals surface area contributed by atoms with E-state index < -0.39 is 10.0 Å². The molecule has 0 aliphatic rings. The first kappa shape index (κ1) is 22.9. The first-order valence-electron chi connectivity index (χ1n) is 10.5. The average Bonchev–Trinajstić information content (AvgIpc) is 3.21. The second-order valence-electron chi connectivity index (χ2n) is 7.97. The van der Waals surface area contributed by atoms with Crippen molar-refractivity contribution in [1.82, 2.24) is 19.6 Å². The predicted molar refractivity (Wildman–Crippen MR) is 135 cm³/mol. The zero-order chi connectivity index (χ0) is 24.7. The van der Waals surface area contributed by atoms with Crippen LogP contribution in [0.25, 0.3) is 28.2 Å². The number of sulfonamides is 1. The molecule has 0 N–H and O–H groups in total. The molecule has 0 aliphatic heterocycles. The van der Waals surface area contributed by atoms with Crippen LogP contribution < -0.4 is 4.31 Å². The molecule has 176 valence electrons. The number of hydrogen-bond acceptors (Lipinski definition) is 5. The molecule has 3 heterocycles. The van der Waals surface area contributed by atoms with Crippen LogP contribution in [0.15, 0.2) is 79.1 Å². The van der Waals surface area contributed by atoms with Crippen LogP contribution in [0.1, 0.15) is 5.56 Å². The Morgan fingerprint density at radius 2 is 1.74 bits per heavy atom. The lowest BCUT2D eigenvalue weighted by Gasteiger charge is -2.22. The van der Waals surface area contributed by atoms with E-state index in [1.54, 1.807) is 72.2 Å². The lowest BCUT2D eigenvalue weighted by atomic mass is 10.0. The largest absolute Gasteiger partial charge is 0.238 e. The molecule has 0 saturated carbocycles. The topological polar surface area (TPSA) is 80.5 Å². The lowest BCUT2D eigenvalue weighted by Crippen LogP contribution is -2.25. The van der Waals surface area contributed by atoms with Crippen molar-refractivity contribution >= 4 is 38.8 Å². The van der Waals surface area contributed by atoms with E-state index in [0.29, 0.717) is 44.4 Å². The van der Waals surface area contributed by atoms with Crippen molar-refractivity contribution in [2.24, 2.45) is 0 Å². The standard InChI is InChI=1S/C25H19ClFN5O2S/c1-16-14-17(5-10-21(16)27)24-25(31-22(30-24)4-3-12-29-31)18-11-13-28-23(15-18)32(35(2,33)34)20-8-6-19(26)7-9-20/h3-15H,1-2H3. The monoisotopic (exact) mass is 507 g/mol. The van der Waals surface area contributed by atoms with Crippen molar-refractivity contribution in [3.63, 3.8) is 0 Å². The van der Waals surface area contributed by atoms with Gasteiger partial charge in [-0.3, -0.25) is 0 Å². The number of hydrogen-bond donors (Lipinski definition) is 0. The third-order valence-electron chi connectivity index (χ3n) is 5.44. The third kappa shape index (κ3) is 4.36. The van der Waals surface area contributed by atoms with E-state index in [1.807, 2.05) is 6.07 Å². The van der Waals surface area contributed by atoms with Gasteiger partial charge in [-0.15, -0.1) is 0 Å². The number of fused-ring (bicyclic) bond motifs is 1. The molecular weight excluding hydrogens is 489 g/mol. The maximum absolute atomic E-state index is 14.0. The van der Waals surface area contributed by atoms with E-state index in [1.165, 1.54) is 12.3 Å². The molecular formula is C25H19ClFN5O2S. The quantitative estimate of drug-likeness (QED) is 0.307. The Kier molecular flexibility index (Phi) is 5.74. The molecule has 0 aliphatic carbocycles. The van der Waals surface area contributed by atoms with Crippen LogP contribution in [0, 0.1) is 12.7 Å². The highest BCUT2D eigenvalue weighted by molar-refractivity contribution is 7.92. The lowest BCUT2D eigenvalue weighted by molar-refractivity contribution is 0.601. The Bertz CT molecular complexity index is 1670. The molecule has 5 rings (SSSR count). The van der Waals surface area contributed by atoms with Gasteiger partial charge in [-0.1, -0.05) is 11.6 Å². The third-order valence-corrected chi connectivity index (χ3v) is 6.76. The Morgan fingerprint density at radius 1 is 0.971 bits per heavy atom. The maximum Gasteiger partial charge on any atom is 0.237 e. The van der Waals surface area contributed by atoms with Gasteiger partial charge >= 0.3 is 0 Å². The van der Waals surface area contributed by atoms with Crippen LogP contribution in [0.5, 0.6) is 0 Å². The summed E-state index contributed by atoms with van der Waals surface area (Å²) in [4.78, 5) is 9.07. The number of imidazole rings is 1. The molecule has 0 amide bonds. The summed E-state index contributed by atoms with van der Waals surface area (Å²) in [6.07, 6.45) is 4.27. The van der Waals surface area contributed by atoms with Gasteiger partial charge in [0, 0.05) is 28.5 Å². The number of aromatic nitrogens is 4. The number of anilines is 2. The Hall–Kier alpha value is -3.82. The highest BCUT2D eigenvalue weighted by atomic mass is 35.5. The van der Waals surface area contributed by atoms with Crippen molar-refractivity contribution < 1.29 is 12.8 Å². The summed E-state index contributed by atoms with van der Waals surface area (Å²) in [6.45, 7) is 1.69. The molecule has 0 spiro atoms. The molecule has 0 radical (unpaired) electrons. The van der Waals surface area contributed by atoms with Gasteiger partial charge in [0.15, 0.2) is 5.65 Å². The van der Waals surface area contributed by atoms with Crippen molar-refractivity contribution in [1.29, 1.82) is 0 Å². The zero-order valence-corrected chi connectivity index (χ0v) is 20.3. The highest BCUT2D eigenvalue weighted by Gasteiger charge is 2.24. The summed E-state index contributed by atoms with van der Waals surface area (Å²) in [5, 5.41) is 4.93. The molecule has 10 heteroatoms. The van der Waals surface area contributed by atoms with Crippen LogP contribution >= 0.6 is 11.6 Å². The van der Waals surface area contributed by atoms with Gasteiger partial charge in [0.1, 0.15) is 17.3 Å². The number of aryl methyl sites for hydroxylation is 1. The van der Waals surface area contributed by atoms with Gasteiger partial charge in [0.2, 0.25) is 10.0 Å². The summed E-state index contributed by atoms with van der Waals surface area (Å²) >= 11 is 6.00. The number of rotatable bonds is 5. The van der Waals surface area contributed by atoms with Crippen LogP contribution in [-0.4, -0.2) is 34.3 Å². The average molecular weight is 508 g/mol. The minimum absolute atomic E-state index is 0.194. The minimum atomic E-state index is -3.74. The fourth-order valence-electron chi connectivity index (χ4n) is 3.89. The molecule has 3 aromatic heterocycles. The first-order valence-corrected chi connectivity index (χ1v) is 12.8. The Balaban J connectivity index is 1.73. The molecule has 7 nitrogen and oxygen atoms in total. The summed E-state index contributed by atoms with van der Waals surface area (Å²) in [5.74, 6) is -0.116. The van der Waals surface area contributed by atoms with E-state index >= 15 is 0 Å². The summed E-state index contributed by atoms with van der Waals surface area (Å²) in [5.41, 5.74) is 4.03. The first-order chi connectivity index (χ1) is 16.7.